The van der Waals surface area contributed by atoms with Crippen molar-refractivity contribution in [2.24, 2.45) is 0 Å². The molecule has 2 heterocycles. The number of hydrogen-bond donors (Lipinski definition) is 1. The van der Waals surface area contributed by atoms with Gasteiger partial charge >= 0.3 is 6.18 Å². The van der Waals surface area contributed by atoms with Gasteiger partial charge in [0.1, 0.15) is 0 Å². The Hall–Kier alpha value is -2.31. The molecule has 1 unspecified atom stereocenters. The molecule has 4 rings (SSSR count). The molecule has 1 spiro atoms. The van der Waals surface area contributed by atoms with Crippen molar-refractivity contribution in [3.05, 3.63) is 52.8 Å². The number of fused-ring (bicyclic) bond motifs is 2. The lowest BCUT2D eigenvalue weighted by molar-refractivity contribution is -0.137. The van der Waals surface area contributed by atoms with Gasteiger partial charge in [0, 0.05) is 29.8 Å². The molecule has 0 bridgehead atoms. The van der Waals surface area contributed by atoms with E-state index in [1.165, 1.54) is 17.7 Å². The molecule has 2 aromatic rings. The summed E-state index contributed by atoms with van der Waals surface area (Å²) in [5.74, 6) is -0.208. The number of carbonyl (C=O) groups excluding carboxylic acids is 1. The lowest BCUT2D eigenvalue weighted by atomic mass is 9.77. The molecule has 2 aliphatic rings. The number of aryl methyl sites for hydroxylation is 1. The van der Waals surface area contributed by atoms with Gasteiger partial charge in [0.25, 0.3) is 5.91 Å². The number of amides is 1. The second-order valence-electron chi connectivity index (χ2n) is 6.96. The third kappa shape index (κ3) is 2.71. The Morgan fingerprint density at radius 3 is 2.68 bits per heavy atom. The molecular weight excluding hydrogens is 331 g/mol. The van der Waals surface area contributed by atoms with E-state index in [0.717, 1.165) is 43.5 Å². The number of alkyl halides is 3. The van der Waals surface area contributed by atoms with Crippen LogP contribution in [-0.4, -0.2) is 34.1 Å². The van der Waals surface area contributed by atoms with Crippen LogP contribution in [0.1, 0.15) is 46.4 Å². The third-order valence-corrected chi connectivity index (χ3v) is 5.44. The van der Waals surface area contributed by atoms with Crippen LogP contribution in [0, 0.1) is 0 Å². The van der Waals surface area contributed by atoms with Crippen molar-refractivity contribution in [2.75, 3.05) is 13.1 Å². The standard InChI is InChI=1S/C18H18F3N3O/c19-18(20,21)14-4-2-12(3-5-14)16(25)24-9-1-7-17(11-24)8-6-13-10-22-23-15(13)17/h2-5,10H,1,6-9,11H2,(H,22,23). The normalized spacial score (nSPS) is 23.1. The second-order valence-corrected chi connectivity index (χ2v) is 6.96. The number of likely N-dealkylation sites (tertiary alicyclic amines) is 1. The lowest BCUT2D eigenvalue weighted by Gasteiger charge is -2.40. The van der Waals surface area contributed by atoms with Crippen molar-refractivity contribution in [1.82, 2.24) is 15.1 Å². The maximum absolute atomic E-state index is 12.8. The number of nitrogens with one attached hydrogen (secondary N) is 1. The number of aromatic nitrogens is 2. The highest BCUT2D eigenvalue weighted by molar-refractivity contribution is 5.94. The zero-order valence-electron chi connectivity index (χ0n) is 13.6. The smallest absolute Gasteiger partial charge is 0.338 e. The van der Waals surface area contributed by atoms with Crippen LogP contribution in [0.15, 0.2) is 30.5 Å². The SMILES string of the molecule is O=C(c1ccc(C(F)(F)F)cc1)N1CCCC2(CCc3cn[nH]c32)C1. The Kier molecular flexibility index (Phi) is 3.63. The zero-order chi connectivity index (χ0) is 17.7. The highest BCUT2D eigenvalue weighted by Crippen LogP contribution is 2.44. The number of carbonyl (C=O) groups is 1. The van der Waals surface area contributed by atoms with Gasteiger partial charge in [-0.25, -0.2) is 0 Å². The fourth-order valence-corrected chi connectivity index (χ4v) is 4.16. The molecule has 4 nitrogen and oxygen atoms in total. The minimum absolute atomic E-state index is 0.0916. The molecule has 1 N–H and O–H groups in total. The van der Waals surface area contributed by atoms with Gasteiger partial charge in [-0.05, 0) is 55.5 Å². The highest BCUT2D eigenvalue weighted by Gasteiger charge is 2.44. The summed E-state index contributed by atoms with van der Waals surface area (Å²) in [5.41, 5.74) is 1.80. The lowest BCUT2D eigenvalue weighted by Crippen LogP contribution is -2.47. The van der Waals surface area contributed by atoms with Crippen LogP contribution in [-0.2, 0) is 18.0 Å². The minimum Gasteiger partial charge on any atom is -0.338 e. The summed E-state index contributed by atoms with van der Waals surface area (Å²) < 4.78 is 38.0. The predicted molar refractivity (Wildman–Crippen MR) is 85.2 cm³/mol. The fraction of sp³-hybridized carbons (Fsp3) is 0.444. The minimum atomic E-state index is -4.39. The summed E-state index contributed by atoms with van der Waals surface area (Å²) in [6.45, 7) is 1.22. The molecule has 1 aromatic heterocycles. The van der Waals surface area contributed by atoms with Crippen molar-refractivity contribution in [3.8, 4) is 0 Å². The van der Waals surface area contributed by atoms with E-state index in [9.17, 15) is 18.0 Å². The van der Waals surface area contributed by atoms with Crippen molar-refractivity contribution < 1.29 is 18.0 Å². The number of benzene rings is 1. The summed E-state index contributed by atoms with van der Waals surface area (Å²) in [6.07, 6.45) is 1.27. The number of halogens is 3. The van der Waals surface area contributed by atoms with Crippen LogP contribution in [0.5, 0.6) is 0 Å². The van der Waals surface area contributed by atoms with Crippen molar-refractivity contribution in [3.63, 3.8) is 0 Å². The summed E-state index contributed by atoms with van der Waals surface area (Å²) in [7, 11) is 0. The molecule has 1 amide bonds. The van der Waals surface area contributed by atoms with Crippen LogP contribution < -0.4 is 0 Å². The Morgan fingerprint density at radius 2 is 1.96 bits per heavy atom. The summed E-state index contributed by atoms with van der Waals surface area (Å²) in [4.78, 5) is 14.5. The second kappa shape index (κ2) is 5.61. The number of nitrogens with zero attached hydrogens (tertiary/aromatic N) is 2. The Morgan fingerprint density at radius 1 is 1.20 bits per heavy atom. The molecule has 132 valence electrons. The average molecular weight is 349 g/mol. The van der Waals surface area contributed by atoms with E-state index < -0.39 is 11.7 Å². The van der Waals surface area contributed by atoms with Crippen LogP contribution in [0.4, 0.5) is 13.2 Å². The maximum atomic E-state index is 12.8. The number of rotatable bonds is 1. The van der Waals surface area contributed by atoms with Crippen LogP contribution >= 0.6 is 0 Å². The highest BCUT2D eigenvalue weighted by atomic mass is 19.4. The van der Waals surface area contributed by atoms with E-state index in [1.807, 2.05) is 6.20 Å². The number of aromatic amines is 1. The fourth-order valence-electron chi connectivity index (χ4n) is 4.16. The first kappa shape index (κ1) is 16.2. The summed E-state index contributed by atoms with van der Waals surface area (Å²) >= 11 is 0. The van der Waals surface area contributed by atoms with Crippen LogP contribution in [0.25, 0.3) is 0 Å². The molecule has 1 atom stereocenters. The number of H-pyrrole nitrogens is 1. The first-order valence-electron chi connectivity index (χ1n) is 8.38. The van der Waals surface area contributed by atoms with E-state index in [2.05, 4.69) is 10.2 Å². The van der Waals surface area contributed by atoms with Gasteiger partial charge in [0.2, 0.25) is 0 Å². The van der Waals surface area contributed by atoms with Gasteiger partial charge in [-0.15, -0.1) is 0 Å². The topological polar surface area (TPSA) is 49.0 Å². The van der Waals surface area contributed by atoms with E-state index in [-0.39, 0.29) is 11.3 Å². The van der Waals surface area contributed by atoms with Crippen LogP contribution in [0.3, 0.4) is 0 Å². The van der Waals surface area contributed by atoms with Crippen molar-refractivity contribution >= 4 is 5.91 Å². The first-order chi connectivity index (χ1) is 11.9. The molecule has 1 aromatic carbocycles. The quantitative estimate of drug-likeness (QED) is 0.856. The van der Waals surface area contributed by atoms with Gasteiger partial charge < -0.3 is 4.90 Å². The molecule has 1 aliphatic heterocycles. The molecule has 1 saturated heterocycles. The molecule has 0 saturated carbocycles. The summed E-state index contributed by atoms with van der Waals surface area (Å²) in [6, 6.07) is 4.47. The Balaban J connectivity index is 1.55. The average Bonchev–Trinajstić information content (AvgIpc) is 3.19. The zero-order valence-corrected chi connectivity index (χ0v) is 13.6. The first-order valence-corrected chi connectivity index (χ1v) is 8.38. The predicted octanol–water partition coefficient (Wildman–Crippen LogP) is 3.55. The van der Waals surface area contributed by atoms with E-state index in [1.54, 1.807) is 4.90 Å². The molecule has 25 heavy (non-hydrogen) atoms. The number of hydrogen-bond acceptors (Lipinski definition) is 2. The third-order valence-electron chi connectivity index (χ3n) is 5.44. The Labute approximate surface area is 143 Å². The number of piperidine rings is 1. The van der Waals surface area contributed by atoms with Gasteiger partial charge in [0.15, 0.2) is 0 Å². The van der Waals surface area contributed by atoms with Crippen molar-refractivity contribution in [2.45, 2.75) is 37.3 Å². The molecule has 0 radical (unpaired) electrons. The van der Waals surface area contributed by atoms with E-state index >= 15 is 0 Å². The summed E-state index contributed by atoms with van der Waals surface area (Å²) in [5, 5.41) is 7.21. The molecular formula is C18H18F3N3O. The van der Waals surface area contributed by atoms with E-state index in [0.29, 0.717) is 18.7 Å². The molecule has 1 aliphatic carbocycles. The van der Waals surface area contributed by atoms with Crippen molar-refractivity contribution in [1.29, 1.82) is 0 Å². The van der Waals surface area contributed by atoms with Crippen LogP contribution in [0.2, 0.25) is 0 Å². The molecule has 7 heteroatoms. The van der Waals surface area contributed by atoms with Gasteiger partial charge in [-0.3, -0.25) is 9.89 Å². The van der Waals surface area contributed by atoms with Gasteiger partial charge in [-0.1, -0.05) is 0 Å². The van der Waals surface area contributed by atoms with Gasteiger partial charge in [0.05, 0.1) is 11.8 Å². The monoisotopic (exact) mass is 349 g/mol. The largest absolute Gasteiger partial charge is 0.416 e. The Bertz CT molecular complexity index is 797. The molecule has 1 fully saturated rings. The van der Waals surface area contributed by atoms with E-state index in [4.69, 9.17) is 0 Å². The maximum Gasteiger partial charge on any atom is 0.416 e. The van der Waals surface area contributed by atoms with Gasteiger partial charge in [-0.2, -0.15) is 18.3 Å².